The summed E-state index contributed by atoms with van der Waals surface area (Å²) in [4.78, 5) is 12.3. The van der Waals surface area contributed by atoms with Gasteiger partial charge in [-0.3, -0.25) is 4.79 Å². The lowest BCUT2D eigenvalue weighted by Gasteiger charge is -2.42. The van der Waals surface area contributed by atoms with Gasteiger partial charge in [0.1, 0.15) is 0 Å². The third kappa shape index (κ3) is 2.21. The highest BCUT2D eigenvalue weighted by molar-refractivity contribution is 5.84. The zero-order valence-corrected chi connectivity index (χ0v) is 11.4. The molecule has 0 fully saturated rings. The molecule has 2 heteroatoms. The fraction of sp³-hybridized carbons (Fsp3) is 0.533. The molecule has 0 aliphatic heterocycles. The Hall–Kier alpha value is -1.31. The molecule has 1 aromatic carbocycles. The van der Waals surface area contributed by atoms with E-state index in [1.807, 2.05) is 37.3 Å². The summed E-state index contributed by atoms with van der Waals surface area (Å²) in [5.74, 6) is -0.154. The van der Waals surface area contributed by atoms with Crippen LogP contribution in [-0.2, 0) is 14.9 Å². The number of carbonyl (C=O) groups excluding carboxylic acids is 1. The van der Waals surface area contributed by atoms with Crippen molar-refractivity contribution in [3.05, 3.63) is 35.9 Å². The molecule has 0 amide bonds. The van der Waals surface area contributed by atoms with Gasteiger partial charge in [-0.2, -0.15) is 0 Å². The van der Waals surface area contributed by atoms with Crippen molar-refractivity contribution in [1.29, 1.82) is 0 Å². The van der Waals surface area contributed by atoms with Crippen LogP contribution in [-0.4, -0.2) is 13.1 Å². The number of rotatable bonds is 3. The second-order valence-electron chi connectivity index (χ2n) is 5.37. The Kier molecular flexibility index (Phi) is 3.97. The Morgan fingerprint density at radius 2 is 1.71 bits per heavy atom. The highest BCUT2D eigenvalue weighted by atomic mass is 16.5. The van der Waals surface area contributed by atoms with E-state index in [0.29, 0.717) is 0 Å². The number of hydrogen-bond acceptors (Lipinski definition) is 2. The normalized spacial score (nSPS) is 15.1. The van der Waals surface area contributed by atoms with Crippen LogP contribution >= 0.6 is 0 Å². The highest BCUT2D eigenvalue weighted by Gasteiger charge is 2.49. The van der Waals surface area contributed by atoms with Crippen LogP contribution in [0.5, 0.6) is 0 Å². The fourth-order valence-corrected chi connectivity index (χ4v) is 2.63. The quantitative estimate of drug-likeness (QED) is 0.748. The molecule has 1 unspecified atom stereocenters. The molecule has 1 aromatic rings. The summed E-state index contributed by atoms with van der Waals surface area (Å²) in [5, 5.41) is 0. The molecular weight excluding hydrogens is 212 g/mol. The lowest BCUT2D eigenvalue weighted by Crippen LogP contribution is -2.47. The van der Waals surface area contributed by atoms with Crippen molar-refractivity contribution >= 4 is 5.97 Å². The summed E-state index contributed by atoms with van der Waals surface area (Å²) in [6.45, 7) is 8.29. The van der Waals surface area contributed by atoms with Gasteiger partial charge in [-0.15, -0.1) is 0 Å². The van der Waals surface area contributed by atoms with Gasteiger partial charge in [0.2, 0.25) is 0 Å². The molecule has 0 aromatic heterocycles. The van der Waals surface area contributed by atoms with E-state index in [-0.39, 0.29) is 11.4 Å². The first-order chi connectivity index (χ1) is 7.90. The molecule has 0 radical (unpaired) electrons. The molecule has 0 saturated heterocycles. The van der Waals surface area contributed by atoms with Gasteiger partial charge in [0.25, 0.3) is 0 Å². The van der Waals surface area contributed by atoms with Gasteiger partial charge < -0.3 is 4.74 Å². The van der Waals surface area contributed by atoms with Crippen molar-refractivity contribution in [2.45, 2.75) is 39.5 Å². The number of hydrogen-bond donors (Lipinski definition) is 0. The van der Waals surface area contributed by atoms with Crippen LogP contribution in [0.3, 0.4) is 0 Å². The van der Waals surface area contributed by atoms with Gasteiger partial charge in [0.05, 0.1) is 12.5 Å². The van der Waals surface area contributed by atoms with E-state index in [4.69, 9.17) is 4.74 Å². The van der Waals surface area contributed by atoms with Crippen LogP contribution < -0.4 is 0 Å². The van der Waals surface area contributed by atoms with Crippen molar-refractivity contribution in [3.63, 3.8) is 0 Å². The lowest BCUT2D eigenvalue weighted by atomic mass is 9.61. The summed E-state index contributed by atoms with van der Waals surface area (Å²) in [6, 6.07) is 9.91. The van der Waals surface area contributed by atoms with Crippen molar-refractivity contribution in [2.75, 3.05) is 7.11 Å². The first-order valence-corrected chi connectivity index (χ1v) is 6.04. The zero-order valence-electron chi connectivity index (χ0n) is 11.4. The Morgan fingerprint density at radius 1 is 1.18 bits per heavy atom. The van der Waals surface area contributed by atoms with Gasteiger partial charge in [-0.25, -0.2) is 0 Å². The van der Waals surface area contributed by atoms with E-state index in [2.05, 4.69) is 20.8 Å². The summed E-state index contributed by atoms with van der Waals surface area (Å²) in [7, 11) is 1.46. The average molecular weight is 234 g/mol. The largest absolute Gasteiger partial charge is 0.468 e. The Morgan fingerprint density at radius 3 is 2.06 bits per heavy atom. The van der Waals surface area contributed by atoms with Crippen LogP contribution in [0.25, 0.3) is 0 Å². The number of carbonyl (C=O) groups is 1. The van der Waals surface area contributed by atoms with Gasteiger partial charge in [0, 0.05) is 0 Å². The van der Waals surface area contributed by atoms with Crippen molar-refractivity contribution in [1.82, 2.24) is 0 Å². The molecule has 94 valence electrons. The molecule has 0 saturated carbocycles. The van der Waals surface area contributed by atoms with Crippen LogP contribution in [0.15, 0.2) is 30.3 Å². The monoisotopic (exact) mass is 234 g/mol. The topological polar surface area (TPSA) is 26.3 Å². The predicted octanol–water partition coefficient (Wildman–Crippen LogP) is 3.55. The SMILES string of the molecule is CCC(C(=O)OC)(c1ccccc1)C(C)(C)C. The summed E-state index contributed by atoms with van der Waals surface area (Å²) >= 11 is 0. The molecular formula is C15H22O2. The molecule has 0 heterocycles. The molecule has 0 N–H and O–H groups in total. The highest BCUT2D eigenvalue weighted by Crippen LogP contribution is 2.45. The van der Waals surface area contributed by atoms with Crippen molar-refractivity contribution in [3.8, 4) is 0 Å². The molecule has 0 aliphatic carbocycles. The first-order valence-electron chi connectivity index (χ1n) is 6.04. The van der Waals surface area contributed by atoms with E-state index < -0.39 is 5.41 Å². The van der Waals surface area contributed by atoms with Gasteiger partial charge >= 0.3 is 5.97 Å². The van der Waals surface area contributed by atoms with Gasteiger partial charge in [-0.1, -0.05) is 58.0 Å². The fourth-order valence-electron chi connectivity index (χ4n) is 2.63. The smallest absolute Gasteiger partial charge is 0.316 e. The molecule has 1 rings (SSSR count). The number of benzene rings is 1. The van der Waals surface area contributed by atoms with Crippen molar-refractivity contribution < 1.29 is 9.53 Å². The third-order valence-corrected chi connectivity index (χ3v) is 3.61. The second-order valence-corrected chi connectivity index (χ2v) is 5.37. The number of methoxy groups -OCH3 is 1. The standard InChI is InChI=1S/C15H22O2/c1-6-15(13(16)17-5,14(2,3)4)12-10-8-7-9-11-12/h7-11H,6H2,1-5H3. The Labute approximate surface area is 104 Å². The minimum absolute atomic E-state index is 0.154. The summed E-state index contributed by atoms with van der Waals surface area (Å²) in [5.41, 5.74) is 0.265. The summed E-state index contributed by atoms with van der Waals surface area (Å²) in [6.07, 6.45) is 0.729. The Balaban J connectivity index is 3.43. The van der Waals surface area contributed by atoms with Crippen LogP contribution in [0.1, 0.15) is 39.7 Å². The molecule has 17 heavy (non-hydrogen) atoms. The van der Waals surface area contributed by atoms with E-state index in [9.17, 15) is 4.79 Å². The maximum absolute atomic E-state index is 12.3. The maximum atomic E-state index is 12.3. The molecule has 0 spiro atoms. The predicted molar refractivity (Wildman–Crippen MR) is 69.9 cm³/mol. The Bertz CT molecular complexity index is 376. The molecule has 0 aliphatic rings. The first kappa shape index (κ1) is 13.8. The minimum Gasteiger partial charge on any atom is -0.468 e. The molecule has 0 bridgehead atoms. The van der Waals surface area contributed by atoms with Crippen LogP contribution in [0.2, 0.25) is 0 Å². The second kappa shape index (κ2) is 4.91. The molecule has 1 atom stereocenters. The van der Waals surface area contributed by atoms with E-state index in [0.717, 1.165) is 12.0 Å². The summed E-state index contributed by atoms with van der Waals surface area (Å²) < 4.78 is 5.05. The third-order valence-electron chi connectivity index (χ3n) is 3.61. The van der Waals surface area contributed by atoms with Crippen molar-refractivity contribution in [2.24, 2.45) is 5.41 Å². The molecule has 2 nitrogen and oxygen atoms in total. The van der Waals surface area contributed by atoms with Crippen LogP contribution in [0, 0.1) is 5.41 Å². The van der Waals surface area contributed by atoms with E-state index in [1.165, 1.54) is 7.11 Å². The van der Waals surface area contributed by atoms with E-state index >= 15 is 0 Å². The average Bonchev–Trinajstić information content (AvgIpc) is 2.30. The van der Waals surface area contributed by atoms with Gasteiger partial charge in [-0.05, 0) is 17.4 Å². The van der Waals surface area contributed by atoms with Gasteiger partial charge in [0.15, 0.2) is 0 Å². The lowest BCUT2D eigenvalue weighted by molar-refractivity contribution is -0.152. The maximum Gasteiger partial charge on any atom is 0.316 e. The van der Waals surface area contributed by atoms with Crippen LogP contribution in [0.4, 0.5) is 0 Å². The number of esters is 1. The zero-order chi connectivity index (χ0) is 13.1. The minimum atomic E-state index is -0.580. The van der Waals surface area contributed by atoms with E-state index in [1.54, 1.807) is 0 Å². The number of ether oxygens (including phenoxy) is 1.